The number of piperazine rings is 1. The van der Waals surface area contributed by atoms with Gasteiger partial charge in [-0.1, -0.05) is 24.3 Å². The lowest BCUT2D eigenvalue weighted by atomic mass is 9.83. The van der Waals surface area contributed by atoms with E-state index in [2.05, 4.69) is 5.32 Å². The molecule has 0 radical (unpaired) electrons. The number of carboxylic acid groups (broad SMARTS) is 1. The number of amides is 2. The normalized spacial score (nSPS) is 18.7. The van der Waals surface area contributed by atoms with Crippen LogP contribution in [-0.2, 0) is 20.8 Å². The zero-order chi connectivity index (χ0) is 28.1. The second-order valence-electron chi connectivity index (χ2n) is 9.76. The van der Waals surface area contributed by atoms with Crippen LogP contribution in [0.15, 0.2) is 42.0 Å². The number of aryl methyl sites for hydroxylation is 1. The number of rotatable bonds is 11. The minimum absolute atomic E-state index is 0.0138. The van der Waals surface area contributed by atoms with Gasteiger partial charge in [0, 0.05) is 32.0 Å². The summed E-state index contributed by atoms with van der Waals surface area (Å²) in [6, 6.07) is 8.28. The van der Waals surface area contributed by atoms with Gasteiger partial charge in [0.1, 0.15) is 0 Å². The number of nitrogens with one attached hydrogen (secondary N) is 1. The molecule has 8 nitrogen and oxygen atoms in total. The first kappa shape index (κ1) is 28.2. The van der Waals surface area contributed by atoms with Gasteiger partial charge in [-0.05, 0) is 54.5 Å². The minimum atomic E-state index is -1.36. The van der Waals surface area contributed by atoms with Gasteiger partial charge in [-0.15, -0.1) is 0 Å². The van der Waals surface area contributed by atoms with Crippen LogP contribution in [0.1, 0.15) is 43.2 Å². The van der Waals surface area contributed by atoms with Crippen molar-refractivity contribution >= 4 is 23.4 Å². The molecule has 1 fully saturated rings. The molecule has 208 valence electrons. The van der Waals surface area contributed by atoms with Crippen molar-refractivity contribution in [2.75, 3.05) is 19.7 Å². The number of benzene rings is 2. The quantitative estimate of drug-likeness (QED) is 0.295. The van der Waals surface area contributed by atoms with E-state index in [9.17, 15) is 32.7 Å². The first-order valence-corrected chi connectivity index (χ1v) is 12.8. The van der Waals surface area contributed by atoms with Gasteiger partial charge in [0.15, 0.2) is 17.4 Å². The zero-order valence-corrected chi connectivity index (χ0v) is 21.2. The number of primary amides is 1. The van der Waals surface area contributed by atoms with Crippen molar-refractivity contribution in [2.45, 2.75) is 50.6 Å². The van der Waals surface area contributed by atoms with Crippen LogP contribution in [0.4, 0.5) is 13.2 Å². The first-order chi connectivity index (χ1) is 18.6. The summed E-state index contributed by atoms with van der Waals surface area (Å²) >= 11 is 0. The smallest absolute Gasteiger partial charge is 0.333 e. The van der Waals surface area contributed by atoms with E-state index in [4.69, 9.17) is 10.5 Å². The molecule has 0 spiro atoms. The van der Waals surface area contributed by atoms with Crippen LogP contribution in [0.25, 0.3) is 5.57 Å². The van der Waals surface area contributed by atoms with Crippen molar-refractivity contribution in [3.05, 3.63) is 70.5 Å². The maximum Gasteiger partial charge on any atom is 0.333 e. The van der Waals surface area contributed by atoms with Gasteiger partial charge in [0.2, 0.25) is 17.6 Å². The number of nitrogens with zero attached hydrogens (tertiary/aromatic N) is 1. The summed E-state index contributed by atoms with van der Waals surface area (Å²) < 4.78 is 45.8. The van der Waals surface area contributed by atoms with Crippen LogP contribution >= 0.6 is 0 Å². The Morgan fingerprint density at radius 1 is 1.00 bits per heavy atom. The summed E-state index contributed by atoms with van der Waals surface area (Å²) in [6.07, 6.45) is 2.05. The monoisotopic (exact) mass is 545 g/mol. The third-order valence-corrected chi connectivity index (χ3v) is 6.96. The SMILES string of the molecule is NC(=O)CCCC(=O)N1CC2CC(c3ccc(CCCOc4c(F)ccc(F)c4F)cc3)=C(C(=O)O)[C@@H](C1)N2. The fourth-order valence-electron chi connectivity index (χ4n) is 5.11. The number of ether oxygens (including phenoxy) is 1. The van der Waals surface area contributed by atoms with Crippen LogP contribution in [0.3, 0.4) is 0 Å². The summed E-state index contributed by atoms with van der Waals surface area (Å²) in [5, 5.41) is 13.3. The van der Waals surface area contributed by atoms with E-state index in [0.29, 0.717) is 43.9 Å². The van der Waals surface area contributed by atoms with Gasteiger partial charge in [-0.2, -0.15) is 4.39 Å². The van der Waals surface area contributed by atoms with Gasteiger partial charge >= 0.3 is 5.97 Å². The van der Waals surface area contributed by atoms with E-state index < -0.39 is 41.1 Å². The van der Waals surface area contributed by atoms with Crippen LogP contribution in [-0.4, -0.2) is 59.6 Å². The van der Waals surface area contributed by atoms with Crippen molar-refractivity contribution < 1.29 is 37.4 Å². The predicted molar refractivity (Wildman–Crippen MR) is 136 cm³/mol. The molecule has 2 heterocycles. The Hall–Kier alpha value is -3.86. The Balaban J connectivity index is 1.38. The molecular formula is C28H30F3N3O5. The largest absolute Gasteiger partial charge is 0.488 e. The summed E-state index contributed by atoms with van der Waals surface area (Å²) in [6.45, 7) is 0.647. The molecule has 2 bridgehead atoms. The zero-order valence-electron chi connectivity index (χ0n) is 21.2. The summed E-state index contributed by atoms with van der Waals surface area (Å²) in [5.74, 6) is -5.89. The van der Waals surface area contributed by atoms with Crippen LogP contribution in [0, 0.1) is 17.5 Å². The lowest BCUT2D eigenvalue weighted by Gasteiger charge is -2.43. The fraction of sp³-hybridized carbons (Fsp3) is 0.393. The van der Waals surface area contributed by atoms with E-state index >= 15 is 0 Å². The number of fused-ring (bicyclic) bond motifs is 2. The van der Waals surface area contributed by atoms with Crippen molar-refractivity contribution in [2.24, 2.45) is 5.73 Å². The maximum atomic E-state index is 13.7. The Bertz CT molecular complexity index is 1280. The molecule has 39 heavy (non-hydrogen) atoms. The van der Waals surface area contributed by atoms with Crippen LogP contribution in [0.2, 0.25) is 0 Å². The highest BCUT2D eigenvalue weighted by molar-refractivity contribution is 5.98. The number of carbonyl (C=O) groups is 3. The number of halogens is 3. The molecule has 2 atom stereocenters. The van der Waals surface area contributed by atoms with Gasteiger partial charge in [0.05, 0.1) is 18.2 Å². The van der Waals surface area contributed by atoms with E-state index in [1.54, 1.807) is 4.90 Å². The molecule has 11 heteroatoms. The molecular weight excluding hydrogens is 515 g/mol. The fourth-order valence-corrected chi connectivity index (χ4v) is 5.11. The van der Waals surface area contributed by atoms with Crippen LogP contribution < -0.4 is 15.8 Å². The topological polar surface area (TPSA) is 122 Å². The molecule has 1 unspecified atom stereocenters. The number of aliphatic carboxylic acids is 1. The van der Waals surface area contributed by atoms with Gasteiger partial charge in [0.25, 0.3) is 0 Å². The van der Waals surface area contributed by atoms with Crippen molar-refractivity contribution in [1.29, 1.82) is 0 Å². The van der Waals surface area contributed by atoms with E-state index in [-0.39, 0.29) is 43.5 Å². The summed E-state index contributed by atoms with van der Waals surface area (Å²) in [7, 11) is 0. The van der Waals surface area contributed by atoms with Crippen molar-refractivity contribution in [1.82, 2.24) is 10.2 Å². The first-order valence-electron chi connectivity index (χ1n) is 12.8. The number of carbonyl (C=O) groups excluding carboxylic acids is 2. The third kappa shape index (κ3) is 6.78. The predicted octanol–water partition coefficient (Wildman–Crippen LogP) is 3.18. The highest BCUT2D eigenvalue weighted by Gasteiger charge is 2.39. The molecule has 0 aromatic heterocycles. The van der Waals surface area contributed by atoms with Gasteiger partial charge in [-0.3, -0.25) is 9.59 Å². The van der Waals surface area contributed by atoms with Crippen molar-refractivity contribution in [3.8, 4) is 5.75 Å². The van der Waals surface area contributed by atoms with Crippen LogP contribution in [0.5, 0.6) is 5.75 Å². The lowest BCUT2D eigenvalue weighted by molar-refractivity contribution is -0.136. The molecule has 0 saturated carbocycles. The molecule has 2 amide bonds. The second kappa shape index (κ2) is 12.3. The molecule has 2 aromatic carbocycles. The Morgan fingerprint density at radius 2 is 1.72 bits per heavy atom. The molecule has 1 saturated heterocycles. The molecule has 0 aliphatic carbocycles. The summed E-state index contributed by atoms with van der Waals surface area (Å²) in [5.41, 5.74) is 7.77. The molecule has 2 aromatic rings. The van der Waals surface area contributed by atoms with E-state index in [0.717, 1.165) is 17.2 Å². The molecule has 2 aliphatic heterocycles. The van der Waals surface area contributed by atoms with Gasteiger partial charge in [-0.25, -0.2) is 13.6 Å². The standard InChI is InChI=1S/C28H30F3N3O5/c29-20-10-11-21(30)27(26(20)31)39-12-2-3-16-6-8-17(9-7-16)19-13-18-14-34(24(36)5-1-4-23(32)35)15-22(33-18)25(19)28(37)38/h6-11,18,22,33H,1-5,12-15H2,(H2,32,35)(H,37,38)/t18?,22-/m1/s1. The molecule has 2 aliphatic rings. The van der Waals surface area contributed by atoms with Gasteiger partial charge < -0.3 is 25.8 Å². The third-order valence-electron chi connectivity index (χ3n) is 6.96. The number of carboxylic acids is 1. The summed E-state index contributed by atoms with van der Waals surface area (Å²) in [4.78, 5) is 37.5. The van der Waals surface area contributed by atoms with E-state index in [1.165, 1.54) is 0 Å². The number of hydrogen-bond acceptors (Lipinski definition) is 5. The average molecular weight is 546 g/mol. The number of nitrogens with two attached hydrogens (primary N) is 1. The second-order valence-corrected chi connectivity index (χ2v) is 9.76. The lowest BCUT2D eigenvalue weighted by Crippen LogP contribution is -2.61. The highest BCUT2D eigenvalue weighted by Crippen LogP contribution is 2.33. The maximum absolute atomic E-state index is 13.7. The van der Waals surface area contributed by atoms with Crippen molar-refractivity contribution in [3.63, 3.8) is 0 Å². The Kier molecular flexibility index (Phi) is 8.90. The molecule has 4 rings (SSSR count). The molecule has 4 N–H and O–H groups in total. The minimum Gasteiger partial charge on any atom is -0.488 e. The van der Waals surface area contributed by atoms with E-state index in [1.807, 2.05) is 24.3 Å². The number of hydrogen-bond donors (Lipinski definition) is 3. The Morgan fingerprint density at radius 3 is 2.41 bits per heavy atom. The average Bonchev–Trinajstić information content (AvgIpc) is 2.89. The Labute approximate surface area is 223 Å². The highest BCUT2D eigenvalue weighted by atomic mass is 19.2.